The van der Waals surface area contributed by atoms with Crippen LogP contribution in [0.2, 0.25) is 5.02 Å². The zero-order chi connectivity index (χ0) is 11.5. The number of aryl methyl sites for hydroxylation is 1. The maximum Gasteiger partial charge on any atom is 0.137 e. The van der Waals surface area contributed by atoms with E-state index in [0.717, 1.165) is 34.3 Å². The van der Waals surface area contributed by atoms with Gasteiger partial charge in [-0.15, -0.1) is 0 Å². The Morgan fingerprint density at radius 2 is 2.00 bits per heavy atom. The number of H-pyrrole nitrogens is 1. The van der Waals surface area contributed by atoms with Crippen LogP contribution in [0, 0.1) is 6.92 Å². The van der Waals surface area contributed by atoms with Crippen LogP contribution in [0.15, 0.2) is 24.3 Å². The highest BCUT2D eigenvalue weighted by molar-refractivity contribution is 6.30. The molecule has 84 valence electrons. The summed E-state index contributed by atoms with van der Waals surface area (Å²) < 4.78 is 0. The van der Waals surface area contributed by atoms with E-state index in [2.05, 4.69) is 15.3 Å². The second-order valence-electron chi connectivity index (χ2n) is 3.69. The minimum absolute atomic E-state index is 0.738. The highest BCUT2D eigenvalue weighted by Crippen LogP contribution is 2.20. The van der Waals surface area contributed by atoms with Gasteiger partial charge < -0.3 is 10.3 Å². The van der Waals surface area contributed by atoms with Gasteiger partial charge >= 0.3 is 0 Å². The minimum atomic E-state index is 0.738. The Hall–Kier alpha value is -1.32. The highest BCUT2D eigenvalue weighted by Gasteiger charge is 2.07. The second-order valence-corrected chi connectivity index (χ2v) is 4.13. The molecular formula is C12H14ClN3. The van der Waals surface area contributed by atoms with Gasteiger partial charge in [0, 0.05) is 22.8 Å². The quantitative estimate of drug-likeness (QED) is 0.859. The van der Waals surface area contributed by atoms with E-state index in [4.69, 9.17) is 11.6 Å². The monoisotopic (exact) mass is 235 g/mol. The maximum atomic E-state index is 5.84. The Labute approximate surface area is 99.9 Å². The van der Waals surface area contributed by atoms with Crippen molar-refractivity contribution in [3.05, 3.63) is 40.7 Å². The molecule has 0 radical (unpaired) electrons. The smallest absolute Gasteiger partial charge is 0.137 e. The van der Waals surface area contributed by atoms with Gasteiger partial charge in [-0.1, -0.05) is 11.6 Å². The van der Waals surface area contributed by atoms with Crippen molar-refractivity contribution in [3.63, 3.8) is 0 Å². The lowest BCUT2D eigenvalue weighted by Crippen LogP contribution is -2.06. The second kappa shape index (κ2) is 4.68. The van der Waals surface area contributed by atoms with E-state index in [0.29, 0.717) is 0 Å². The number of nitrogens with zero attached hydrogens (tertiary/aromatic N) is 1. The largest absolute Gasteiger partial charge is 0.342 e. The fourth-order valence-corrected chi connectivity index (χ4v) is 1.71. The number of hydrogen-bond donors (Lipinski definition) is 2. The van der Waals surface area contributed by atoms with Crippen LogP contribution in [0.3, 0.4) is 0 Å². The molecule has 2 aromatic rings. The molecule has 0 spiro atoms. The molecule has 0 aliphatic carbocycles. The molecule has 0 amide bonds. The SMILES string of the molecule is CNCc1nc(-c2ccc(Cl)cc2)[nH]c1C. The number of benzene rings is 1. The molecular weight excluding hydrogens is 222 g/mol. The predicted molar refractivity (Wildman–Crippen MR) is 66.5 cm³/mol. The third kappa shape index (κ3) is 2.26. The normalized spacial score (nSPS) is 10.7. The summed E-state index contributed by atoms with van der Waals surface area (Å²) in [5.74, 6) is 0.888. The fourth-order valence-electron chi connectivity index (χ4n) is 1.58. The Morgan fingerprint density at radius 1 is 1.31 bits per heavy atom. The van der Waals surface area contributed by atoms with E-state index in [-0.39, 0.29) is 0 Å². The van der Waals surface area contributed by atoms with Crippen molar-refractivity contribution >= 4 is 11.6 Å². The van der Waals surface area contributed by atoms with Crippen LogP contribution in [0.1, 0.15) is 11.4 Å². The number of hydrogen-bond acceptors (Lipinski definition) is 2. The van der Waals surface area contributed by atoms with Gasteiger partial charge in [-0.05, 0) is 38.2 Å². The number of halogens is 1. The average Bonchev–Trinajstić information content (AvgIpc) is 2.62. The van der Waals surface area contributed by atoms with Crippen molar-refractivity contribution in [1.82, 2.24) is 15.3 Å². The van der Waals surface area contributed by atoms with E-state index >= 15 is 0 Å². The molecule has 0 aliphatic heterocycles. The van der Waals surface area contributed by atoms with Gasteiger partial charge in [0.05, 0.1) is 5.69 Å². The lowest BCUT2D eigenvalue weighted by atomic mass is 10.2. The first-order valence-electron chi connectivity index (χ1n) is 5.16. The zero-order valence-electron chi connectivity index (χ0n) is 9.34. The summed E-state index contributed by atoms with van der Waals surface area (Å²) in [6.07, 6.45) is 0. The van der Waals surface area contributed by atoms with Crippen LogP contribution in [0.5, 0.6) is 0 Å². The van der Waals surface area contributed by atoms with E-state index in [1.54, 1.807) is 0 Å². The Bertz CT molecular complexity index is 474. The first kappa shape index (κ1) is 11.2. The molecule has 0 saturated carbocycles. The van der Waals surface area contributed by atoms with Gasteiger partial charge in [0.2, 0.25) is 0 Å². The molecule has 3 nitrogen and oxygen atoms in total. The summed E-state index contributed by atoms with van der Waals surface area (Å²) in [5, 5.41) is 3.83. The molecule has 0 aliphatic rings. The van der Waals surface area contributed by atoms with Crippen LogP contribution >= 0.6 is 11.6 Å². The number of imidazole rings is 1. The number of aromatic nitrogens is 2. The van der Waals surface area contributed by atoms with E-state index in [1.807, 2.05) is 38.2 Å². The maximum absolute atomic E-state index is 5.84. The molecule has 1 heterocycles. The summed E-state index contributed by atoms with van der Waals surface area (Å²) in [7, 11) is 1.91. The Kier molecular flexibility index (Phi) is 3.27. The van der Waals surface area contributed by atoms with Gasteiger partial charge in [0.1, 0.15) is 5.82 Å². The third-order valence-electron chi connectivity index (χ3n) is 2.45. The van der Waals surface area contributed by atoms with Gasteiger partial charge in [0.25, 0.3) is 0 Å². The fraction of sp³-hybridized carbons (Fsp3) is 0.250. The lowest BCUT2D eigenvalue weighted by Gasteiger charge is -1.96. The molecule has 1 aromatic heterocycles. The van der Waals surface area contributed by atoms with Crippen LogP contribution in [0.4, 0.5) is 0 Å². The van der Waals surface area contributed by atoms with Crippen molar-refractivity contribution in [3.8, 4) is 11.4 Å². The molecule has 0 unspecified atom stereocenters. The van der Waals surface area contributed by atoms with Crippen LogP contribution in [-0.2, 0) is 6.54 Å². The van der Waals surface area contributed by atoms with Crippen molar-refractivity contribution in [2.75, 3.05) is 7.05 Å². The molecule has 0 bridgehead atoms. The van der Waals surface area contributed by atoms with Crippen LogP contribution in [0.25, 0.3) is 11.4 Å². The van der Waals surface area contributed by atoms with Crippen molar-refractivity contribution < 1.29 is 0 Å². The summed E-state index contributed by atoms with van der Waals surface area (Å²) >= 11 is 5.84. The van der Waals surface area contributed by atoms with Crippen LogP contribution < -0.4 is 5.32 Å². The molecule has 0 fully saturated rings. The minimum Gasteiger partial charge on any atom is -0.342 e. The summed E-state index contributed by atoms with van der Waals surface area (Å²) in [6, 6.07) is 7.66. The van der Waals surface area contributed by atoms with Crippen molar-refractivity contribution in [2.45, 2.75) is 13.5 Å². The average molecular weight is 236 g/mol. The molecule has 0 atom stereocenters. The first-order chi connectivity index (χ1) is 7.70. The van der Waals surface area contributed by atoms with Crippen LogP contribution in [-0.4, -0.2) is 17.0 Å². The number of nitrogens with one attached hydrogen (secondary N) is 2. The van der Waals surface area contributed by atoms with E-state index in [1.165, 1.54) is 0 Å². The predicted octanol–water partition coefficient (Wildman–Crippen LogP) is 2.76. The first-order valence-corrected chi connectivity index (χ1v) is 5.54. The van der Waals surface area contributed by atoms with Gasteiger partial charge in [-0.25, -0.2) is 4.98 Å². The zero-order valence-corrected chi connectivity index (χ0v) is 10.1. The number of rotatable bonds is 3. The molecule has 2 rings (SSSR count). The van der Waals surface area contributed by atoms with Crippen molar-refractivity contribution in [2.24, 2.45) is 0 Å². The van der Waals surface area contributed by atoms with Gasteiger partial charge in [-0.3, -0.25) is 0 Å². The molecule has 1 aromatic carbocycles. The number of aromatic amines is 1. The van der Waals surface area contributed by atoms with Gasteiger partial charge in [-0.2, -0.15) is 0 Å². The molecule has 2 N–H and O–H groups in total. The topological polar surface area (TPSA) is 40.7 Å². The van der Waals surface area contributed by atoms with Gasteiger partial charge in [0.15, 0.2) is 0 Å². The Balaban J connectivity index is 2.33. The summed E-state index contributed by atoms with van der Waals surface area (Å²) in [5.41, 5.74) is 3.20. The van der Waals surface area contributed by atoms with E-state index in [9.17, 15) is 0 Å². The summed E-state index contributed by atoms with van der Waals surface area (Å²) in [6.45, 7) is 2.80. The highest BCUT2D eigenvalue weighted by atomic mass is 35.5. The van der Waals surface area contributed by atoms with E-state index < -0.39 is 0 Å². The third-order valence-corrected chi connectivity index (χ3v) is 2.70. The molecule has 4 heteroatoms. The standard InChI is InChI=1S/C12H14ClN3/c1-8-11(7-14-2)16-12(15-8)9-3-5-10(13)6-4-9/h3-6,14H,7H2,1-2H3,(H,15,16). The molecule has 16 heavy (non-hydrogen) atoms. The summed E-state index contributed by atoms with van der Waals surface area (Å²) in [4.78, 5) is 7.81. The lowest BCUT2D eigenvalue weighted by molar-refractivity contribution is 0.791. The molecule has 0 saturated heterocycles. The van der Waals surface area contributed by atoms with Crippen molar-refractivity contribution in [1.29, 1.82) is 0 Å². The Morgan fingerprint density at radius 3 is 2.62 bits per heavy atom.